The van der Waals surface area contributed by atoms with Crippen molar-refractivity contribution >= 4 is 35.0 Å². The van der Waals surface area contributed by atoms with Crippen LogP contribution in [0.2, 0.25) is 5.02 Å². The molecule has 168 valence electrons. The van der Waals surface area contributed by atoms with Gasteiger partial charge in [-0.15, -0.1) is 0 Å². The SMILES string of the molecule is COc1cnc(CSc2ncccn2)cc1OCC(=O)Nc1cc(C(F)(F)F)ccc1Cl. The Kier molecular flexibility index (Phi) is 7.75. The number of ether oxygens (including phenoxy) is 2. The number of alkyl halides is 3. The largest absolute Gasteiger partial charge is 0.491 e. The van der Waals surface area contributed by atoms with Crippen LogP contribution in [0.25, 0.3) is 0 Å². The second-order valence-corrected chi connectivity index (χ2v) is 7.53. The highest BCUT2D eigenvalue weighted by Crippen LogP contribution is 2.34. The van der Waals surface area contributed by atoms with E-state index in [1.54, 1.807) is 24.5 Å². The third kappa shape index (κ3) is 6.47. The van der Waals surface area contributed by atoms with Gasteiger partial charge in [-0.1, -0.05) is 23.4 Å². The molecule has 2 heterocycles. The number of nitrogens with one attached hydrogen (secondary N) is 1. The van der Waals surface area contributed by atoms with Crippen molar-refractivity contribution in [3.8, 4) is 11.5 Å². The summed E-state index contributed by atoms with van der Waals surface area (Å²) in [5.74, 6) is 0.284. The second-order valence-electron chi connectivity index (χ2n) is 6.18. The van der Waals surface area contributed by atoms with E-state index in [-0.39, 0.29) is 16.5 Å². The molecule has 0 bridgehead atoms. The van der Waals surface area contributed by atoms with Gasteiger partial charge in [0.15, 0.2) is 23.3 Å². The fourth-order valence-corrected chi connectivity index (χ4v) is 3.31. The van der Waals surface area contributed by atoms with Gasteiger partial charge in [0.25, 0.3) is 5.91 Å². The molecule has 0 fully saturated rings. The number of carbonyl (C=O) groups excluding carboxylic acids is 1. The highest BCUT2D eigenvalue weighted by atomic mass is 35.5. The first kappa shape index (κ1) is 23.6. The Morgan fingerprint density at radius 2 is 1.91 bits per heavy atom. The van der Waals surface area contributed by atoms with Gasteiger partial charge in [-0.3, -0.25) is 9.78 Å². The van der Waals surface area contributed by atoms with E-state index in [0.717, 1.165) is 18.2 Å². The molecule has 32 heavy (non-hydrogen) atoms. The number of hydrogen-bond donors (Lipinski definition) is 1. The molecule has 1 amide bonds. The first-order valence-corrected chi connectivity index (χ1v) is 10.3. The van der Waals surface area contributed by atoms with E-state index >= 15 is 0 Å². The number of nitrogens with zero attached hydrogens (tertiary/aromatic N) is 3. The number of thioether (sulfide) groups is 1. The number of carbonyl (C=O) groups is 1. The lowest BCUT2D eigenvalue weighted by atomic mass is 10.2. The van der Waals surface area contributed by atoms with Gasteiger partial charge in [0.1, 0.15) is 0 Å². The summed E-state index contributed by atoms with van der Waals surface area (Å²) in [5.41, 5.74) is -0.477. The number of benzene rings is 1. The van der Waals surface area contributed by atoms with Gasteiger partial charge in [0.05, 0.1) is 35.3 Å². The summed E-state index contributed by atoms with van der Waals surface area (Å²) >= 11 is 7.26. The smallest absolute Gasteiger partial charge is 0.416 e. The molecule has 0 unspecified atom stereocenters. The van der Waals surface area contributed by atoms with Crippen LogP contribution in [0.4, 0.5) is 18.9 Å². The fourth-order valence-electron chi connectivity index (χ4n) is 2.44. The maximum absolute atomic E-state index is 12.9. The molecule has 0 aliphatic rings. The van der Waals surface area contributed by atoms with Crippen molar-refractivity contribution < 1.29 is 27.4 Å². The van der Waals surface area contributed by atoms with Gasteiger partial charge in [0, 0.05) is 24.2 Å². The molecule has 0 radical (unpaired) electrons. The number of amides is 1. The van der Waals surface area contributed by atoms with Crippen molar-refractivity contribution in [2.24, 2.45) is 0 Å². The molecule has 3 rings (SSSR count). The molecule has 7 nitrogen and oxygen atoms in total. The quantitative estimate of drug-likeness (QED) is 0.361. The fraction of sp³-hybridized carbons (Fsp3) is 0.200. The third-order valence-corrected chi connectivity index (χ3v) is 5.16. The Morgan fingerprint density at radius 3 is 2.59 bits per heavy atom. The number of halogens is 4. The van der Waals surface area contributed by atoms with Gasteiger partial charge in [0.2, 0.25) is 0 Å². The van der Waals surface area contributed by atoms with Crippen LogP contribution in [-0.2, 0) is 16.7 Å². The number of rotatable bonds is 8. The summed E-state index contributed by atoms with van der Waals surface area (Å²) < 4.78 is 49.4. The molecule has 0 aliphatic heterocycles. The summed E-state index contributed by atoms with van der Waals surface area (Å²) in [6.45, 7) is -0.485. The summed E-state index contributed by atoms with van der Waals surface area (Å²) in [4.78, 5) is 24.7. The Morgan fingerprint density at radius 1 is 1.16 bits per heavy atom. The minimum atomic E-state index is -4.57. The van der Waals surface area contributed by atoms with Crippen molar-refractivity contribution in [2.75, 3.05) is 19.0 Å². The molecule has 1 aromatic carbocycles. The zero-order valence-corrected chi connectivity index (χ0v) is 18.1. The van der Waals surface area contributed by atoms with Gasteiger partial charge < -0.3 is 14.8 Å². The monoisotopic (exact) mass is 484 g/mol. The predicted molar refractivity (Wildman–Crippen MR) is 113 cm³/mol. The molecule has 0 saturated heterocycles. The van der Waals surface area contributed by atoms with Gasteiger partial charge >= 0.3 is 6.18 Å². The van der Waals surface area contributed by atoms with Crippen molar-refractivity contribution in [3.05, 3.63) is 65.2 Å². The van der Waals surface area contributed by atoms with Crippen molar-refractivity contribution in [3.63, 3.8) is 0 Å². The molecule has 2 aromatic heterocycles. The molecular weight excluding hydrogens is 469 g/mol. The summed E-state index contributed by atoms with van der Waals surface area (Å²) in [5, 5.41) is 2.86. The van der Waals surface area contributed by atoms with E-state index in [4.69, 9.17) is 21.1 Å². The standard InChI is InChI=1S/C20H16ClF3N4O3S/c1-30-17-9-27-13(11-32-19-25-5-2-6-26-19)8-16(17)31-10-18(29)28-15-7-12(20(22,23)24)3-4-14(15)21/h2-9H,10-11H2,1H3,(H,28,29). The number of methoxy groups -OCH3 is 1. The van der Waals surface area contributed by atoms with Crippen LogP contribution in [0.15, 0.2) is 54.1 Å². The van der Waals surface area contributed by atoms with Crippen LogP contribution in [0.5, 0.6) is 11.5 Å². The van der Waals surface area contributed by atoms with E-state index < -0.39 is 24.3 Å². The summed E-state index contributed by atoms with van der Waals surface area (Å²) in [7, 11) is 1.42. The first-order chi connectivity index (χ1) is 15.3. The molecule has 0 atom stereocenters. The molecular formula is C20H16ClF3N4O3S. The number of hydrogen-bond acceptors (Lipinski definition) is 7. The zero-order chi connectivity index (χ0) is 23.1. The van der Waals surface area contributed by atoms with Gasteiger partial charge in [-0.25, -0.2) is 9.97 Å². The number of pyridine rings is 1. The Hall–Kier alpha value is -3.05. The highest BCUT2D eigenvalue weighted by Gasteiger charge is 2.31. The molecule has 0 aliphatic carbocycles. The third-order valence-electron chi connectivity index (χ3n) is 3.93. The first-order valence-electron chi connectivity index (χ1n) is 8.98. The predicted octanol–water partition coefficient (Wildman–Crippen LogP) is 4.86. The lowest BCUT2D eigenvalue weighted by Gasteiger charge is -2.13. The summed E-state index contributed by atoms with van der Waals surface area (Å²) in [6, 6.07) is 5.95. The molecule has 12 heteroatoms. The molecule has 0 spiro atoms. The van der Waals surface area contributed by atoms with E-state index in [0.29, 0.717) is 22.4 Å². The zero-order valence-electron chi connectivity index (χ0n) is 16.5. The lowest BCUT2D eigenvalue weighted by molar-refractivity contribution is -0.137. The van der Waals surface area contributed by atoms with Crippen molar-refractivity contribution in [2.45, 2.75) is 17.1 Å². The van der Waals surface area contributed by atoms with Crippen molar-refractivity contribution in [1.82, 2.24) is 15.0 Å². The van der Waals surface area contributed by atoms with Crippen LogP contribution in [0.3, 0.4) is 0 Å². The van der Waals surface area contributed by atoms with E-state index in [9.17, 15) is 18.0 Å². The molecule has 3 aromatic rings. The van der Waals surface area contributed by atoms with Gasteiger partial charge in [-0.2, -0.15) is 13.2 Å². The molecule has 1 N–H and O–H groups in total. The molecule has 0 saturated carbocycles. The maximum Gasteiger partial charge on any atom is 0.416 e. The normalized spacial score (nSPS) is 11.2. The summed E-state index contributed by atoms with van der Waals surface area (Å²) in [6.07, 6.45) is 0.129. The van der Waals surface area contributed by atoms with Crippen molar-refractivity contribution in [1.29, 1.82) is 0 Å². The van der Waals surface area contributed by atoms with Crippen LogP contribution >= 0.6 is 23.4 Å². The van der Waals surface area contributed by atoms with E-state index in [2.05, 4.69) is 20.3 Å². The van der Waals surface area contributed by atoms with Crippen LogP contribution in [0.1, 0.15) is 11.3 Å². The number of aromatic nitrogens is 3. The van der Waals surface area contributed by atoms with Gasteiger partial charge in [-0.05, 0) is 24.3 Å². The van der Waals surface area contributed by atoms with E-state index in [1.165, 1.54) is 25.1 Å². The average molecular weight is 485 g/mol. The Balaban J connectivity index is 1.64. The van der Waals surface area contributed by atoms with Crippen LogP contribution < -0.4 is 14.8 Å². The minimum Gasteiger partial charge on any atom is -0.491 e. The highest BCUT2D eigenvalue weighted by molar-refractivity contribution is 7.98. The number of anilines is 1. The second kappa shape index (κ2) is 10.5. The van der Waals surface area contributed by atoms with Crippen LogP contribution in [-0.4, -0.2) is 34.6 Å². The lowest BCUT2D eigenvalue weighted by Crippen LogP contribution is -2.21. The average Bonchev–Trinajstić information content (AvgIpc) is 2.77. The Labute approximate surface area is 190 Å². The minimum absolute atomic E-state index is 0.0321. The maximum atomic E-state index is 12.9. The van der Waals surface area contributed by atoms with E-state index in [1.807, 2.05) is 0 Å². The van der Waals surface area contributed by atoms with Crippen LogP contribution in [0, 0.1) is 0 Å². The Bertz CT molecular complexity index is 1090. The topological polar surface area (TPSA) is 86.2 Å².